The molecule has 0 saturated carbocycles. The van der Waals surface area contributed by atoms with Crippen molar-refractivity contribution in [3.8, 4) is 0 Å². The van der Waals surface area contributed by atoms with Gasteiger partial charge in [0.1, 0.15) is 0 Å². The summed E-state index contributed by atoms with van der Waals surface area (Å²) in [6, 6.07) is 4.36. The molecule has 2 aromatic rings. The van der Waals surface area contributed by atoms with E-state index in [-0.39, 0.29) is 11.8 Å². The zero-order chi connectivity index (χ0) is 13.8. The van der Waals surface area contributed by atoms with Gasteiger partial charge in [0.15, 0.2) is 5.16 Å². The Kier molecular flexibility index (Phi) is 4.66. The van der Waals surface area contributed by atoms with Crippen LogP contribution in [0.1, 0.15) is 24.8 Å². The second kappa shape index (κ2) is 6.25. The van der Waals surface area contributed by atoms with Gasteiger partial charge in [-0.05, 0) is 17.4 Å². The number of imidazole rings is 1. The van der Waals surface area contributed by atoms with E-state index in [0.29, 0.717) is 5.92 Å². The van der Waals surface area contributed by atoms with Crippen LogP contribution in [-0.4, -0.2) is 26.4 Å². The van der Waals surface area contributed by atoms with E-state index in [0.717, 1.165) is 5.16 Å². The molecule has 0 fully saturated rings. The highest BCUT2D eigenvalue weighted by atomic mass is 32.2. The maximum atomic E-state index is 10.7. The molecule has 0 bridgehead atoms. The Morgan fingerprint density at radius 3 is 2.95 bits per heavy atom. The number of carboxylic acids is 1. The molecule has 4 nitrogen and oxygen atoms in total. The summed E-state index contributed by atoms with van der Waals surface area (Å²) in [5.41, 5.74) is 0. The standard InChI is InChI=1S/C13H16N2O2S2/c1-9(2)12(10-4-3-7-18-10)15-6-5-14-13(15)19-8-11(16)17/h3-7,9,12H,8H2,1-2H3,(H,16,17). The highest BCUT2D eigenvalue weighted by Crippen LogP contribution is 2.33. The summed E-state index contributed by atoms with van der Waals surface area (Å²) >= 11 is 2.98. The third-order valence-corrected chi connectivity index (χ3v) is 4.63. The fraction of sp³-hybridized carbons (Fsp3) is 0.385. The molecule has 2 rings (SSSR count). The van der Waals surface area contributed by atoms with Crippen LogP contribution < -0.4 is 0 Å². The Morgan fingerprint density at radius 1 is 1.58 bits per heavy atom. The number of thiophene rings is 1. The summed E-state index contributed by atoms with van der Waals surface area (Å²) < 4.78 is 2.07. The van der Waals surface area contributed by atoms with Crippen molar-refractivity contribution in [2.75, 3.05) is 5.75 Å². The van der Waals surface area contributed by atoms with Crippen molar-refractivity contribution in [2.24, 2.45) is 5.92 Å². The molecular weight excluding hydrogens is 280 g/mol. The van der Waals surface area contributed by atoms with Gasteiger partial charge in [-0.15, -0.1) is 11.3 Å². The van der Waals surface area contributed by atoms with Crippen LogP contribution in [0.3, 0.4) is 0 Å². The van der Waals surface area contributed by atoms with E-state index < -0.39 is 5.97 Å². The minimum absolute atomic E-state index is 0.0340. The lowest BCUT2D eigenvalue weighted by Crippen LogP contribution is -2.16. The Balaban J connectivity index is 2.28. The lowest BCUT2D eigenvalue weighted by molar-refractivity contribution is -0.133. The van der Waals surface area contributed by atoms with Gasteiger partial charge >= 0.3 is 5.97 Å². The molecule has 0 aliphatic rings. The summed E-state index contributed by atoms with van der Waals surface area (Å²) in [6.45, 7) is 4.33. The van der Waals surface area contributed by atoms with Crippen LogP contribution in [0.2, 0.25) is 0 Å². The summed E-state index contributed by atoms with van der Waals surface area (Å²) in [6.07, 6.45) is 3.65. The van der Waals surface area contributed by atoms with Crippen molar-refractivity contribution in [1.29, 1.82) is 0 Å². The monoisotopic (exact) mass is 296 g/mol. The van der Waals surface area contributed by atoms with E-state index >= 15 is 0 Å². The molecule has 0 aromatic carbocycles. The number of aromatic nitrogens is 2. The molecule has 1 atom stereocenters. The molecule has 0 aliphatic heterocycles. The maximum absolute atomic E-state index is 10.7. The first-order valence-electron chi connectivity index (χ1n) is 6.00. The van der Waals surface area contributed by atoms with Crippen molar-refractivity contribution >= 4 is 29.1 Å². The van der Waals surface area contributed by atoms with E-state index in [1.165, 1.54) is 16.6 Å². The third kappa shape index (κ3) is 3.39. The van der Waals surface area contributed by atoms with Crippen LogP contribution in [0.25, 0.3) is 0 Å². The first-order valence-corrected chi connectivity index (χ1v) is 7.87. The van der Waals surface area contributed by atoms with Gasteiger partial charge in [0.2, 0.25) is 0 Å². The smallest absolute Gasteiger partial charge is 0.313 e. The number of nitrogens with zero attached hydrogens (tertiary/aromatic N) is 2. The van der Waals surface area contributed by atoms with E-state index in [2.05, 4.69) is 34.8 Å². The fourth-order valence-corrected chi connectivity index (χ4v) is 3.70. The van der Waals surface area contributed by atoms with Crippen molar-refractivity contribution in [1.82, 2.24) is 9.55 Å². The largest absolute Gasteiger partial charge is 0.481 e. The molecule has 0 spiro atoms. The Labute approximate surface area is 120 Å². The molecule has 0 saturated heterocycles. The Hall–Kier alpha value is -1.27. The van der Waals surface area contributed by atoms with E-state index in [9.17, 15) is 4.79 Å². The number of carboxylic acid groups (broad SMARTS) is 1. The number of rotatable bonds is 6. The third-order valence-electron chi connectivity index (χ3n) is 2.72. The van der Waals surface area contributed by atoms with Gasteiger partial charge in [0, 0.05) is 17.3 Å². The zero-order valence-corrected chi connectivity index (χ0v) is 12.4. The number of aliphatic carboxylic acids is 1. The van der Waals surface area contributed by atoms with Crippen molar-refractivity contribution < 1.29 is 9.90 Å². The summed E-state index contributed by atoms with van der Waals surface area (Å²) in [5.74, 6) is -0.375. The van der Waals surface area contributed by atoms with Gasteiger partial charge in [0.25, 0.3) is 0 Å². The van der Waals surface area contributed by atoms with Crippen LogP contribution in [0.5, 0.6) is 0 Å². The van der Waals surface area contributed by atoms with Crippen molar-refractivity contribution in [3.05, 3.63) is 34.8 Å². The lowest BCUT2D eigenvalue weighted by Gasteiger charge is -2.23. The van der Waals surface area contributed by atoms with Gasteiger partial charge in [-0.2, -0.15) is 0 Å². The van der Waals surface area contributed by atoms with Crippen LogP contribution in [-0.2, 0) is 4.79 Å². The van der Waals surface area contributed by atoms with Gasteiger partial charge in [-0.25, -0.2) is 4.98 Å². The maximum Gasteiger partial charge on any atom is 0.313 e. The molecule has 1 unspecified atom stereocenters. The van der Waals surface area contributed by atoms with Crippen LogP contribution in [0, 0.1) is 5.92 Å². The topological polar surface area (TPSA) is 55.1 Å². The molecular formula is C13H16N2O2S2. The number of thioether (sulfide) groups is 1. The zero-order valence-electron chi connectivity index (χ0n) is 10.8. The highest BCUT2D eigenvalue weighted by Gasteiger charge is 2.21. The average molecular weight is 296 g/mol. The van der Waals surface area contributed by atoms with Crippen molar-refractivity contribution in [3.63, 3.8) is 0 Å². The van der Waals surface area contributed by atoms with E-state index in [1.54, 1.807) is 17.5 Å². The van der Waals surface area contributed by atoms with Crippen molar-refractivity contribution in [2.45, 2.75) is 25.0 Å². The lowest BCUT2D eigenvalue weighted by atomic mass is 10.0. The molecule has 19 heavy (non-hydrogen) atoms. The van der Waals surface area contributed by atoms with Crippen LogP contribution in [0.4, 0.5) is 0 Å². The van der Waals surface area contributed by atoms with Gasteiger partial charge in [0.05, 0.1) is 11.8 Å². The second-order valence-corrected chi connectivity index (χ2v) is 6.43. The number of hydrogen-bond acceptors (Lipinski definition) is 4. The first kappa shape index (κ1) is 14.1. The SMILES string of the molecule is CC(C)C(c1cccs1)n1ccnc1SCC(=O)O. The van der Waals surface area contributed by atoms with Gasteiger partial charge in [-0.1, -0.05) is 31.7 Å². The summed E-state index contributed by atoms with van der Waals surface area (Å²) in [7, 11) is 0. The minimum Gasteiger partial charge on any atom is -0.481 e. The molecule has 2 heterocycles. The number of carbonyl (C=O) groups is 1. The molecule has 0 radical (unpaired) electrons. The number of hydrogen-bond donors (Lipinski definition) is 1. The Bertz CT molecular complexity index is 535. The molecule has 2 aromatic heterocycles. The quantitative estimate of drug-likeness (QED) is 0.830. The molecule has 6 heteroatoms. The van der Waals surface area contributed by atoms with Crippen LogP contribution in [0.15, 0.2) is 35.1 Å². The fourth-order valence-electron chi connectivity index (χ4n) is 2.00. The summed E-state index contributed by atoms with van der Waals surface area (Å²) in [4.78, 5) is 16.2. The molecule has 0 aliphatic carbocycles. The Morgan fingerprint density at radius 2 is 2.37 bits per heavy atom. The van der Waals surface area contributed by atoms with E-state index in [4.69, 9.17) is 5.11 Å². The predicted octanol–water partition coefficient (Wildman–Crippen LogP) is 3.37. The van der Waals surface area contributed by atoms with Gasteiger partial charge in [-0.3, -0.25) is 4.79 Å². The molecule has 102 valence electrons. The average Bonchev–Trinajstić information content (AvgIpc) is 2.98. The van der Waals surface area contributed by atoms with Gasteiger partial charge < -0.3 is 9.67 Å². The highest BCUT2D eigenvalue weighted by molar-refractivity contribution is 7.99. The normalized spacial score (nSPS) is 12.8. The second-order valence-electron chi connectivity index (χ2n) is 4.50. The minimum atomic E-state index is -0.822. The van der Waals surface area contributed by atoms with Crippen LogP contribution >= 0.6 is 23.1 Å². The van der Waals surface area contributed by atoms with E-state index in [1.807, 2.05) is 12.3 Å². The summed E-state index contributed by atoms with van der Waals surface area (Å²) in [5, 5.41) is 11.6. The predicted molar refractivity (Wildman–Crippen MR) is 77.9 cm³/mol. The molecule has 0 amide bonds. The molecule has 1 N–H and O–H groups in total. The first-order chi connectivity index (χ1) is 9.09.